The molecule has 0 amide bonds. The number of carboxylic acid groups (broad SMARTS) is 1. The first-order valence-corrected chi connectivity index (χ1v) is 7.09. The minimum atomic E-state index is -0.878. The van der Waals surface area contributed by atoms with Crippen molar-refractivity contribution in [1.29, 1.82) is 0 Å². The van der Waals surface area contributed by atoms with Crippen molar-refractivity contribution in [3.05, 3.63) is 23.8 Å². The Labute approximate surface area is 118 Å². The Morgan fingerprint density at radius 1 is 1.35 bits per heavy atom. The van der Waals surface area contributed by atoms with Gasteiger partial charge in [0, 0.05) is 31.7 Å². The Morgan fingerprint density at radius 2 is 2.20 bits per heavy atom. The molecular formula is C15H20N2O3. The Morgan fingerprint density at radius 3 is 2.95 bits per heavy atom. The number of piperazine rings is 1. The summed E-state index contributed by atoms with van der Waals surface area (Å²) in [5.74, 6) is -0.171. The summed E-state index contributed by atoms with van der Waals surface area (Å²) in [5, 5.41) is 9.37. The van der Waals surface area contributed by atoms with Gasteiger partial charge in [0.25, 0.3) is 0 Å². The molecule has 1 atom stereocenters. The number of aromatic carboxylic acids is 1. The van der Waals surface area contributed by atoms with Gasteiger partial charge < -0.3 is 14.7 Å². The van der Waals surface area contributed by atoms with Gasteiger partial charge in [-0.3, -0.25) is 4.90 Å². The first kappa shape index (κ1) is 13.2. The lowest BCUT2D eigenvalue weighted by Crippen LogP contribution is -2.50. The van der Waals surface area contributed by atoms with Crippen molar-refractivity contribution in [3.63, 3.8) is 0 Å². The second-order valence-electron chi connectivity index (χ2n) is 5.47. The van der Waals surface area contributed by atoms with E-state index in [4.69, 9.17) is 4.74 Å². The van der Waals surface area contributed by atoms with Gasteiger partial charge in [-0.25, -0.2) is 4.79 Å². The van der Waals surface area contributed by atoms with Crippen LogP contribution in [0.25, 0.3) is 0 Å². The minimum absolute atomic E-state index is 0.359. The zero-order valence-corrected chi connectivity index (χ0v) is 11.7. The highest BCUT2D eigenvalue weighted by atomic mass is 16.5. The lowest BCUT2D eigenvalue weighted by Gasteiger charge is -2.39. The van der Waals surface area contributed by atoms with Gasteiger partial charge in [-0.15, -0.1) is 0 Å². The van der Waals surface area contributed by atoms with Crippen molar-refractivity contribution in [2.75, 3.05) is 38.2 Å². The van der Waals surface area contributed by atoms with Crippen LogP contribution in [-0.4, -0.2) is 55.3 Å². The summed E-state index contributed by atoms with van der Waals surface area (Å²) in [6, 6.07) is 5.75. The van der Waals surface area contributed by atoms with Gasteiger partial charge >= 0.3 is 5.97 Å². The molecule has 2 heterocycles. The van der Waals surface area contributed by atoms with E-state index in [0.29, 0.717) is 17.4 Å². The number of hydrogen-bond acceptors (Lipinski definition) is 4. The van der Waals surface area contributed by atoms with Crippen LogP contribution in [0.5, 0.6) is 5.75 Å². The number of carbonyl (C=O) groups is 1. The lowest BCUT2D eigenvalue weighted by molar-refractivity contribution is 0.0697. The predicted molar refractivity (Wildman–Crippen MR) is 76.8 cm³/mol. The smallest absolute Gasteiger partial charge is 0.337 e. The number of fused-ring (bicyclic) bond motifs is 1. The Balaban J connectivity index is 1.89. The number of rotatable bonds is 3. The Kier molecular flexibility index (Phi) is 3.53. The second-order valence-corrected chi connectivity index (χ2v) is 5.47. The van der Waals surface area contributed by atoms with Crippen LogP contribution in [0.2, 0.25) is 0 Å². The van der Waals surface area contributed by atoms with Crippen LogP contribution in [0, 0.1) is 0 Å². The maximum Gasteiger partial charge on any atom is 0.337 e. The zero-order chi connectivity index (χ0) is 14.1. The second kappa shape index (κ2) is 5.32. The average Bonchev–Trinajstić information content (AvgIpc) is 2.93. The number of hydrogen-bond donors (Lipinski definition) is 1. The van der Waals surface area contributed by atoms with Gasteiger partial charge in [0.15, 0.2) is 0 Å². The molecule has 0 aliphatic carbocycles. The minimum Gasteiger partial charge on any atom is -0.497 e. The van der Waals surface area contributed by atoms with E-state index in [-0.39, 0.29) is 0 Å². The van der Waals surface area contributed by atoms with E-state index in [0.717, 1.165) is 25.3 Å². The fourth-order valence-corrected chi connectivity index (χ4v) is 3.29. The van der Waals surface area contributed by atoms with Crippen molar-refractivity contribution in [2.45, 2.75) is 18.9 Å². The third kappa shape index (κ3) is 2.33. The Hall–Kier alpha value is -1.75. The van der Waals surface area contributed by atoms with Crippen LogP contribution in [0.3, 0.4) is 0 Å². The number of carboxylic acids is 1. The third-order valence-electron chi connectivity index (χ3n) is 4.36. The highest BCUT2D eigenvalue weighted by Gasteiger charge is 2.31. The summed E-state index contributed by atoms with van der Waals surface area (Å²) >= 11 is 0. The molecule has 1 N–H and O–H groups in total. The molecule has 2 aliphatic rings. The summed E-state index contributed by atoms with van der Waals surface area (Å²) < 4.78 is 5.24. The molecule has 0 saturated carbocycles. The average molecular weight is 276 g/mol. The van der Waals surface area contributed by atoms with Gasteiger partial charge in [0.2, 0.25) is 0 Å². The summed E-state index contributed by atoms with van der Waals surface area (Å²) in [5.41, 5.74) is 1.14. The monoisotopic (exact) mass is 276 g/mol. The van der Waals surface area contributed by atoms with E-state index in [1.807, 2.05) is 6.07 Å². The van der Waals surface area contributed by atoms with E-state index in [9.17, 15) is 9.90 Å². The largest absolute Gasteiger partial charge is 0.497 e. The standard InChI is InChI=1S/C15H20N2O3/c1-20-12-4-5-13(15(18)19)14(9-12)17-8-7-16-6-2-3-11(16)10-17/h4-5,9,11H,2-3,6-8,10H2,1H3,(H,18,19). The number of benzene rings is 1. The van der Waals surface area contributed by atoms with Crippen molar-refractivity contribution < 1.29 is 14.6 Å². The van der Waals surface area contributed by atoms with Crippen molar-refractivity contribution >= 4 is 11.7 Å². The zero-order valence-electron chi connectivity index (χ0n) is 11.7. The molecule has 1 aromatic rings. The summed E-state index contributed by atoms with van der Waals surface area (Å²) in [7, 11) is 1.61. The molecule has 2 saturated heterocycles. The van der Waals surface area contributed by atoms with Gasteiger partial charge in [-0.2, -0.15) is 0 Å². The van der Waals surface area contributed by atoms with Gasteiger partial charge in [0.05, 0.1) is 18.4 Å². The van der Waals surface area contributed by atoms with Crippen molar-refractivity contribution in [1.82, 2.24) is 4.90 Å². The molecule has 0 bridgehead atoms. The van der Waals surface area contributed by atoms with Crippen LogP contribution in [0.1, 0.15) is 23.2 Å². The predicted octanol–water partition coefficient (Wildman–Crippen LogP) is 1.68. The maximum absolute atomic E-state index is 11.4. The molecule has 0 aromatic heterocycles. The summed E-state index contributed by atoms with van der Waals surface area (Å²) in [4.78, 5) is 16.1. The summed E-state index contributed by atoms with van der Waals surface area (Å²) in [6.07, 6.45) is 2.46. The van der Waals surface area contributed by atoms with Gasteiger partial charge in [0.1, 0.15) is 5.75 Å². The van der Waals surface area contributed by atoms with Gasteiger partial charge in [-0.05, 0) is 31.5 Å². The van der Waals surface area contributed by atoms with Crippen molar-refractivity contribution in [3.8, 4) is 5.75 Å². The Bertz CT molecular complexity index is 518. The first-order chi connectivity index (χ1) is 9.69. The summed E-state index contributed by atoms with van der Waals surface area (Å²) in [6.45, 7) is 3.99. The quantitative estimate of drug-likeness (QED) is 0.910. The molecule has 5 heteroatoms. The number of methoxy groups -OCH3 is 1. The fourth-order valence-electron chi connectivity index (χ4n) is 3.29. The molecule has 3 rings (SSSR count). The topological polar surface area (TPSA) is 53.0 Å². The van der Waals surface area contributed by atoms with Crippen molar-refractivity contribution in [2.24, 2.45) is 0 Å². The van der Waals surface area contributed by atoms with Crippen LogP contribution in [0.4, 0.5) is 5.69 Å². The highest BCUT2D eigenvalue weighted by molar-refractivity contribution is 5.95. The lowest BCUT2D eigenvalue weighted by atomic mass is 10.1. The van der Waals surface area contributed by atoms with Crippen LogP contribution < -0.4 is 9.64 Å². The molecule has 20 heavy (non-hydrogen) atoms. The molecular weight excluding hydrogens is 256 g/mol. The molecule has 1 unspecified atom stereocenters. The molecule has 5 nitrogen and oxygen atoms in total. The SMILES string of the molecule is COc1ccc(C(=O)O)c(N2CCN3CCCC3C2)c1. The third-order valence-corrected chi connectivity index (χ3v) is 4.36. The maximum atomic E-state index is 11.4. The molecule has 2 aliphatic heterocycles. The normalized spacial score (nSPS) is 22.6. The van der Waals surface area contributed by atoms with Crippen LogP contribution >= 0.6 is 0 Å². The molecule has 108 valence electrons. The van der Waals surface area contributed by atoms with E-state index >= 15 is 0 Å². The first-order valence-electron chi connectivity index (χ1n) is 7.09. The van der Waals surface area contributed by atoms with E-state index in [1.165, 1.54) is 19.4 Å². The van der Waals surface area contributed by atoms with Crippen LogP contribution in [-0.2, 0) is 0 Å². The highest BCUT2D eigenvalue weighted by Crippen LogP contribution is 2.30. The van der Waals surface area contributed by atoms with Gasteiger partial charge in [-0.1, -0.05) is 0 Å². The van der Waals surface area contributed by atoms with Crippen LogP contribution in [0.15, 0.2) is 18.2 Å². The van der Waals surface area contributed by atoms with E-state index < -0.39 is 5.97 Å². The number of ether oxygens (including phenoxy) is 1. The van der Waals surface area contributed by atoms with E-state index in [1.54, 1.807) is 19.2 Å². The molecule has 1 aromatic carbocycles. The molecule has 0 spiro atoms. The molecule has 0 radical (unpaired) electrons. The number of anilines is 1. The fraction of sp³-hybridized carbons (Fsp3) is 0.533. The number of nitrogens with zero attached hydrogens (tertiary/aromatic N) is 2. The molecule has 2 fully saturated rings. The van der Waals surface area contributed by atoms with E-state index in [2.05, 4.69) is 9.80 Å².